The lowest BCUT2D eigenvalue weighted by Crippen LogP contribution is -2.08. The van der Waals surface area contributed by atoms with Gasteiger partial charge in [-0.15, -0.1) is 0 Å². The van der Waals surface area contributed by atoms with Crippen molar-refractivity contribution in [3.8, 4) is 5.75 Å². The quantitative estimate of drug-likeness (QED) is 0.723. The van der Waals surface area contributed by atoms with Gasteiger partial charge in [-0.2, -0.15) is 0 Å². The molecule has 70 valence electrons. The average Bonchev–Trinajstić information content (AvgIpc) is 2.62. The van der Waals surface area contributed by atoms with Gasteiger partial charge < -0.3 is 10.4 Å². The van der Waals surface area contributed by atoms with Gasteiger partial charge in [0.2, 0.25) is 0 Å². The fourth-order valence-corrected chi connectivity index (χ4v) is 1.96. The molecule has 0 bridgehead atoms. The Bertz CT molecular complexity index is 308. The molecule has 1 aliphatic rings. The second-order valence-corrected chi connectivity index (χ2v) is 3.77. The highest BCUT2D eigenvalue weighted by molar-refractivity contribution is 6.32. The largest absolute Gasteiger partial charge is 0.506 e. The maximum Gasteiger partial charge on any atom is 0.137 e. The molecule has 2 N–H and O–H groups in total. The number of phenols is 1. The molecular formula is C10H12ClNO. The van der Waals surface area contributed by atoms with Crippen LogP contribution in [0.15, 0.2) is 18.2 Å². The predicted octanol–water partition coefficient (Wildman–Crippen LogP) is 2.12. The minimum atomic E-state index is 0.248. The van der Waals surface area contributed by atoms with Gasteiger partial charge in [0.1, 0.15) is 5.75 Å². The normalized spacial score (nSPS) is 22.1. The van der Waals surface area contributed by atoms with E-state index in [9.17, 15) is 5.11 Å². The Morgan fingerprint density at radius 3 is 3.00 bits per heavy atom. The molecular weight excluding hydrogens is 186 g/mol. The van der Waals surface area contributed by atoms with Crippen LogP contribution < -0.4 is 5.32 Å². The molecule has 1 aromatic rings. The minimum Gasteiger partial charge on any atom is -0.506 e. The van der Waals surface area contributed by atoms with Crippen molar-refractivity contribution in [2.75, 3.05) is 13.1 Å². The molecule has 13 heavy (non-hydrogen) atoms. The van der Waals surface area contributed by atoms with E-state index in [1.165, 1.54) is 0 Å². The third kappa shape index (κ3) is 1.64. The Labute approximate surface area is 82.5 Å². The van der Waals surface area contributed by atoms with Crippen molar-refractivity contribution in [1.82, 2.24) is 5.32 Å². The topological polar surface area (TPSA) is 32.3 Å². The summed E-state index contributed by atoms with van der Waals surface area (Å²) in [5.41, 5.74) is 0.970. The molecule has 0 radical (unpaired) electrons. The van der Waals surface area contributed by atoms with Crippen LogP contribution in [0.2, 0.25) is 5.02 Å². The van der Waals surface area contributed by atoms with Gasteiger partial charge in [-0.3, -0.25) is 0 Å². The van der Waals surface area contributed by atoms with Crippen LogP contribution >= 0.6 is 11.6 Å². The summed E-state index contributed by atoms with van der Waals surface area (Å²) in [7, 11) is 0. The molecule has 0 aromatic heterocycles. The Kier molecular flexibility index (Phi) is 2.42. The first-order valence-electron chi connectivity index (χ1n) is 4.47. The van der Waals surface area contributed by atoms with E-state index in [2.05, 4.69) is 5.32 Å². The lowest BCUT2D eigenvalue weighted by Gasteiger charge is -2.11. The highest BCUT2D eigenvalue weighted by Gasteiger charge is 2.20. The Morgan fingerprint density at radius 1 is 1.46 bits per heavy atom. The summed E-state index contributed by atoms with van der Waals surface area (Å²) in [6, 6.07) is 5.54. The molecule has 1 atom stereocenters. The summed E-state index contributed by atoms with van der Waals surface area (Å²) in [4.78, 5) is 0. The third-order valence-electron chi connectivity index (χ3n) is 2.52. The summed E-state index contributed by atoms with van der Waals surface area (Å²) in [5, 5.41) is 13.4. The number of halogens is 1. The number of nitrogens with one attached hydrogen (secondary N) is 1. The Balaban J connectivity index is 2.33. The third-order valence-corrected chi connectivity index (χ3v) is 2.82. The standard InChI is InChI=1S/C10H12ClNO/c11-9-3-1-2-8(10(9)13)7-4-5-12-6-7/h1-3,7,12-13H,4-6H2/t7-/m1/s1. The van der Waals surface area contributed by atoms with Crippen molar-refractivity contribution in [2.24, 2.45) is 0 Å². The van der Waals surface area contributed by atoms with Crippen LogP contribution in [0.25, 0.3) is 0 Å². The van der Waals surface area contributed by atoms with E-state index in [1.54, 1.807) is 6.07 Å². The zero-order chi connectivity index (χ0) is 9.26. The van der Waals surface area contributed by atoms with E-state index in [0.717, 1.165) is 25.1 Å². The number of phenolic OH excluding ortho intramolecular Hbond substituents is 1. The zero-order valence-corrected chi connectivity index (χ0v) is 8.01. The molecule has 0 unspecified atom stereocenters. The molecule has 1 aliphatic heterocycles. The number of hydrogen-bond acceptors (Lipinski definition) is 2. The maximum absolute atomic E-state index is 9.70. The molecule has 0 spiro atoms. The monoisotopic (exact) mass is 197 g/mol. The second-order valence-electron chi connectivity index (χ2n) is 3.37. The number of hydrogen-bond donors (Lipinski definition) is 2. The molecule has 1 aromatic carbocycles. The molecule has 1 heterocycles. The summed E-state index contributed by atoms with van der Waals surface area (Å²) in [6.45, 7) is 1.96. The van der Waals surface area contributed by atoms with Crippen molar-refractivity contribution >= 4 is 11.6 Å². The van der Waals surface area contributed by atoms with Gasteiger partial charge in [0.15, 0.2) is 0 Å². The zero-order valence-electron chi connectivity index (χ0n) is 7.26. The van der Waals surface area contributed by atoms with Gasteiger partial charge in [0.05, 0.1) is 5.02 Å². The number of para-hydroxylation sites is 1. The van der Waals surface area contributed by atoms with Crippen LogP contribution in [-0.2, 0) is 0 Å². The minimum absolute atomic E-state index is 0.248. The fraction of sp³-hybridized carbons (Fsp3) is 0.400. The molecule has 0 aliphatic carbocycles. The van der Waals surface area contributed by atoms with E-state index in [-0.39, 0.29) is 5.75 Å². The summed E-state index contributed by atoms with van der Waals surface area (Å²) < 4.78 is 0. The van der Waals surface area contributed by atoms with Crippen molar-refractivity contribution < 1.29 is 5.11 Å². The number of rotatable bonds is 1. The second kappa shape index (κ2) is 3.56. The van der Waals surface area contributed by atoms with Gasteiger partial charge in [-0.1, -0.05) is 23.7 Å². The first kappa shape index (κ1) is 8.85. The van der Waals surface area contributed by atoms with E-state index < -0.39 is 0 Å². The average molecular weight is 198 g/mol. The summed E-state index contributed by atoms with van der Waals surface area (Å²) in [5.74, 6) is 0.663. The van der Waals surface area contributed by atoms with Crippen LogP contribution in [-0.4, -0.2) is 18.2 Å². The molecule has 1 fully saturated rings. The smallest absolute Gasteiger partial charge is 0.137 e. The highest BCUT2D eigenvalue weighted by Crippen LogP contribution is 2.34. The number of aromatic hydroxyl groups is 1. The predicted molar refractivity (Wildman–Crippen MR) is 53.3 cm³/mol. The van der Waals surface area contributed by atoms with Crippen LogP contribution in [0, 0.1) is 0 Å². The van der Waals surface area contributed by atoms with Crippen molar-refractivity contribution in [3.63, 3.8) is 0 Å². The summed E-state index contributed by atoms with van der Waals surface area (Å²) >= 11 is 5.82. The first-order valence-corrected chi connectivity index (χ1v) is 4.85. The van der Waals surface area contributed by atoms with Crippen molar-refractivity contribution in [1.29, 1.82) is 0 Å². The first-order chi connectivity index (χ1) is 6.29. The highest BCUT2D eigenvalue weighted by atomic mass is 35.5. The fourth-order valence-electron chi connectivity index (χ4n) is 1.78. The van der Waals surface area contributed by atoms with Crippen LogP contribution in [0.1, 0.15) is 17.9 Å². The molecule has 2 rings (SSSR count). The van der Waals surface area contributed by atoms with Gasteiger partial charge in [-0.25, -0.2) is 0 Å². The van der Waals surface area contributed by atoms with Crippen LogP contribution in [0.3, 0.4) is 0 Å². The van der Waals surface area contributed by atoms with Gasteiger partial charge in [0.25, 0.3) is 0 Å². The maximum atomic E-state index is 9.70. The molecule has 0 amide bonds. The lowest BCUT2D eigenvalue weighted by atomic mass is 9.97. The van der Waals surface area contributed by atoms with E-state index in [0.29, 0.717) is 10.9 Å². The van der Waals surface area contributed by atoms with E-state index >= 15 is 0 Å². The van der Waals surface area contributed by atoms with Crippen LogP contribution in [0.5, 0.6) is 5.75 Å². The molecule has 1 saturated heterocycles. The van der Waals surface area contributed by atoms with Gasteiger partial charge in [0, 0.05) is 12.5 Å². The summed E-state index contributed by atoms with van der Waals surface area (Å²) in [6.07, 6.45) is 1.08. The van der Waals surface area contributed by atoms with Crippen molar-refractivity contribution in [2.45, 2.75) is 12.3 Å². The SMILES string of the molecule is Oc1c(Cl)cccc1[C@@H]1CCNC1. The Hall–Kier alpha value is -0.730. The Morgan fingerprint density at radius 2 is 2.31 bits per heavy atom. The van der Waals surface area contributed by atoms with Gasteiger partial charge in [-0.05, 0) is 24.6 Å². The molecule has 2 nitrogen and oxygen atoms in total. The lowest BCUT2D eigenvalue weighted by molar-refractivity contribution is 0.463. The molecule has 3 heteroatoms. The van der Waals surface area contributed by atoms with Crippen LogP contribution in [0.4, 0.5) is 0 Å². The van der Waals surface area contributed by atoms with E-state index in [1.807, 2.05) is 12.1 Å². The molecule has 0 saturated carbocycles. The van der Waals surface area contributed by atoms with E-state index in [4.69, 9.17) is 11.6 Å². The number of benzene rings is 1. The van der Waals surface area contributed by atoms with Crippen molar-refractivity contribution in [3.05, 3.63) is 28.8 Å². The van der Waals surface area contributed by atoms with Gasteiger partial charge >= 0.3 is 0 Å².